The van der Waals surface area contributed by atoms with Crippen molar-refractivity contribution in [2.45, 2.75) is 44.7 Å². The second kappa shape index (κ2) is 6.38. The van der Waals surface area contributed by atoms with Crippen molar-refractivity contribution in [1.29, 1.82) is 0 Å². The van der Waals surface area contributed by atoms with E-state index in [1.165, 1.54) is 36.0 Å². The van der Waals surface area contributed by atoms with E-state index in [1.807, 2.05) is 0 Å². The van der Waals surface area contributed by atoms with Crippen LogP contribution in [0.1, 0.15) is 44.7 Å². The van der Waals surface area contributed by atoms with Gasteiger partial charge in [-0.05, 0) is 58.3 Å². The van der Waals surface area contributed by atoms with Gasteiger partial charge in [0.05, 0.1) is 0 Å². The zero-order valence-electron chi connectivity index (χ0n) is 12.2. The highest BCUT2D eigenvalue weighted by Gasteiger charge is 2.31. The van der Waals surface area contributed by atoms with Crippen molar-refractivity contribution in [3.8, 4) is 0 Å². The van der Waals surface area contributed by atoms with Gasteiger partial charge in [0.15, 0.2) is 0 Å². The summed E-state index contributed by atoms with van der Waals surface area (Å²) in [5, 5.41) is 3.45. The molecule has 1 atom stereocenters. The van der Waals surface area contributed by atoms with E-state index < -0.39 is 0 Å². The summed E-state index contributed by atoms with van der Waals surface area (Å²) in [6.45, 7) is 7.15. The van der Waals surface area contributed by atoms with Crippen LogP contribution in [0.2, 0.25) is 0 Å². The molecule has 1 heterocycles. The molecule has 1 aliphatic heterocycles. The molecule has 1 fully saturated rings. The molecule has 3 heteroatoms. The van der Waals surface area contributed by atoms with Crippen LogP contribution in [0.15, 0.2) is 28.7 Å². The summed E-state index contributed by atoms with van der Waals surface area (Å²) in [5.74, 6) is 0. The predicted molar refractivity (Wildman–Crippen MR) is 85.4 cm³/mol. The van der Waals surface area contributed by atoms with Gasteiger partial charge in [-0.1, -0.05) is 34.1 Å². The Morgan fingerprint density at radius 1 is 1.37 bits per heavy atom. The Kier molecular flexibility index (Phi) is 5.04. The fourth-order valence-electron chi connectivity index (χ4n) is 3.08. The van der Waals surface area contributed by atoms with Crippen LogP contribution in [0.25, 0.3) is 0 Å². The Hall–Kier alpha value is -0.380. The van der Waals surface area contributed by atoms with E-state index >= 15 is 0 Å². The fourth-order valence-corrected chi connectivity index (χ4v) is 3.64. The van der Waals surface area contributed by atoms with Gasteiger partial charge in [-0.2, -0.15) is 0 Å². The first-order chi connectivity index (χ1) is 9.04. The topological polar surface area (TPSA) is 15.3 Å². The van der Waals surface area contributed by atoms with Gasteiger partial charge in [-0.25, -0.2) is 0 Å². The lowest BCUT2D eigenvalue weighted by atomic mass is 10.00. The maximum Gasteiger partial charge on any atom is 0.0341 e. The summed E-state index contributed by atoms with van der Waals surface area (Å²) in [7, 11) is 2.05. The van der Waals surface area contributed by atoms with Gasteiger partial charge in [0.1, 0.15) is 0 Å². The van der Waals surface area contributed by atoms with E-state index in [4.69, 9.17) is 0 Å². The molecule has 0 aliphatic carbocycles. The first-order valence-electron chi connectivity index (χ1n) is 7.21. The smallest absolute Gasteiger partial charge is 0.0341 e. The third-order valence-corrected chi connectivity index (χ3v) is 5.11. The summed E-state index contributed by atoms with van der Waals surface area (Å²) < 4.78 is 1.20. The summed E-state index contributed by atoms with van der Waals surface area (Å²) in [5.41, 5.74) is 1.74. The van der Waals surface area contributed by atoms with E-state index in [0.717, 1.165) is 6.42 Å². The number of rotatable bonds is 5. The van der Waals surface area contributed by atoms with Gasteiger partial charge in [-0.3, -0.25) is 4.90 Å². The van der Waals surface area contributed by atoms with Crippen molar-refractivity contribution in [3.63, 3.8) is 0 Å². The van der Waals surface area contributed by atoms with Crippen molar-refractivity contribution < 1.29 is 0 Å². The Morgan fingerprint density at radius 2 is 2.11 bits per heavy atom. The number of nitrogens with one attached hydrogen (secondary N) is 1. The van der Waals surface area contributed by atoms with Crippen LogP contribution in [-0.4, -0.2) is 30.6 Å². The minimum atomic E-state index is 0.381. The minimum Gasteiger partial charge on any atom is -0.313 e. The molecule has 0 saturated carbocycles. The normalized spacial score (nSPS) is 20.6. The summed E-state index contributed by atoms with van der Waals surface area (Å²) >= 11 is 3.66. The standard InChI is InChI=1S/C16H25BrN2/c1-16(2)10-6-11-19(16)12-9-15(18-3)13-7-4-5-8-14(13)17/h4-5,7-8,15,18H,6,9-12H2,1-3H3. The predicted octanol–water partition coefficient (Wildman–Crippen LogP) is 3.97. The van der Waals surface area contributed by atoms with Crippen LogP contribution in [0, 0.1) is 0 Å². The highest BCUT2D eigenvalue weighted by Crippen LogP contribution is 2.30. The van der Waals surface area contributed by atoms with Crippen LogP contribution in [0.3, 0.4) is 0 Å². The van der Waals surface area contributed by atoms with E-state index in [1.54, 1.807) is 0 Å². The fraction of sp³-hybridized carbons (Fsp3) is 0.625. The van der Waals surface area contributed by atoms with Gasteiger partial charge in [-0.15, -0.1) is 0 Å². The van der Waals surface area contributed by atoms with Crippen molar-refractivity contribution >= 4 is 15.9 Å². The molecule has 2 rings (SSSR count). The number of halogens is 1. The lowest BCUT2D eigenvalue weighted by Crippen LogP contribution is -2.39. The number of hydrogen-bond acceptors (Lipinski definition) is 2. The van der Waals surface area contributed by atoms with Gasteiger partial charge in [0.25, 0.3) is 0 Å². The van der Waals surface area contributed by atoms with Crippen LogP contribution < -0.4 is 5.32 Å². The molecule has 19 heavy (non-hydrogen) atoms. The second-order valence-electron chi connectivity index (χ2n) is 6.05. The molecule has 1 N–H and O–H groups in total. The van der Waals surface area contributed by atoms with E-state index in [-0.39, 0.29) is 0 Å². The molecule has 1 aromatic carbocycles. The molecular weight excluding hydrogens is 300 g/mol. The Morgan fingerprint density at radius 3 is 2.68 bits per heavy atom. The summed E-state index contributed by atoms with van der Waals surface area (Å²) in [6.07, 6.45) is 3.82. The largest absolute Gasteiger partial charge is 0.313 e. The first-order valence-corrected chi connectivity index (χ1v) is 8.00. The van der Waals surface area contributed by atoms with Crippen molar-refractivity contribution in [2.75, 3.05) is 20.1 Å². The molecule has 2 nitrogen and oxygen atoms in total. The van der Waals surface area contributed by atoms with E-state index in [9.17, 15) is 0 Å². The maximum atomic E-state index is 3.66. The molecule has 0 bridgehead atoms. The van der Waals surface area contributed by atoms with Gasteiger partial charge in [0, 0.05) is 22.6 Å². The molecule has 1 aliphatic rings. The average Bonchev–Trinajstić information content (AvgIpc) is 2.71. The third-order valence-electron chi connectivity index (χ3n) is 4.39. The minimum absolute atomic E-state index is 0.381. The summed E-state index contributed by atoms with van der Waals surface area (Å²) in [4.78, 5) is 2.63. The van der Waals surface area contributed by atoms with E-state index in [0.29, 0.717) is 11.6 Å². The molecule has 1 saturated heterocycles. The van der Waals surface area contributed by atoms with Gasteiger partial charge >= 0.3 is 0 Å². The number of nitrogens with zero attached hydrogens (tertiary/aromatic N) is 1. The zero-order valence-corrected chi connectivity index (χ0v) is 13.8. The molecule has 1 unspecified atom stereocenters. The summed E-state index contributed by atoms with van der Waals surface area (Å²) in [6, 6.07) is 8.94. The van der Waals surface area contributed by atoms with Crippen LogP contribution in [0.5, 0.6) is 0 Å². The molecule has 1 aromatic rings. The van der Waals surface area contributed by atoms with E-state index in [2.05, 4.69) is 71.3 Å². The highest BCUT2D eigenvalue weighted by molar-refractivity contribution is 9.10. The number of hydrogen-bond donors (Lipinski definition) is 1. The molecule has 0 radical (unpaired) electrons. The van der Waals surface area contributed by atoms with Crippen molar-refractivity contribution in [3.05, 3.63) is 34.3 Å². The molecule has 0 aromatic heterocycles. The average molecular weight is 325 g/mol. The molecule has 106 valence electrons. The molecule has 0 amide bonds. The Balaban J connectivity index is 1.99. The lowest BCUT2D eigenvalue weighted by Gasteiger charge is -2.33. The zero-order chi connectivity index (χ0) is 13.9. The van der Waals surface area contributed by atoms with Gasteiger partial charge < -0.3 is 5.32 Å². The van der Waals surface area contributed by atoms with Crippen LogP contribution in [0.4, 0.5) is 0 Å². The monoisotopic (exact) mass is 324 g/mol. The molecular formula is C16H25BrN2. The number of benzene rings is 1. The van der Waals surface area contributed by atoms with Crippen molar-refractivity contribution in [2.24, 2.45) is 0 Å². The highest BCUT2D eigenvalue weighted by atomic mass is 79.9. The SMILES string of the molecule is CNC(CCN1CCCC1(C)C)c1ccccc1Br. The van der Waals surface area contributed by atoms with Crippen LogP contribution >= 0.6 is 15.9 Å². The van der Waals surface area contributed by atoms with Gasteiger partial charge in [0.2, 0.25) is 0 Å². The second-order valence-corrected chi connectivity index (χ2v) is 6.91. The first kappa shape index (κ1) is 15.0. The van der Waals surface area contributed by atoms with Crippen LogP contribution in [-0.2, 0) is 0 Å². The quantitative estimate of drug-likeness (QED) is 0.881. The van der Waals surface area contributed by atoms with Crippen molar-refractivity contribution in [1.82, 2.24) is 10.2 Å². The Bertz CT molecular complexity index is 417. The molecule has 0 spiro atoms. The number of likely N-dealkylation sites (tertiary alicyclic amines) is 1. The maximum absolute atomic E-state index is 3.66. The lowest BCUT2D eigenvalue weighted by molar-refractivity contribution is 0.167. The Labute approximate surface area is 125 Å². The third kappa shape index (κ3) is 3.59.